The number of fused-ring (bicyclic) bond motifs is 5. The van der Waals surface area contributed by atoms with Crippen molar-refractivity contribution in [2.75, 3.05) is 6.54 Å². The van der Waals surface area contributed by atoms with Crippen molar-refractivity contribution in [3.05, 3.63) is 0 Å². The van der Waals surface area contributed by atoms with Gasteiger partial charge in [0.15, 0.2) is 0 Å². The van der Waals surface area contributed by atoms with Crippen molar-refractivity contribution in [1.82, 2.24) is 5.32 Å². The first-order chi connectivity index (χ1) is 13.8. The van der Waals surface area contributed by atoms with Crippen LogP contribution in [0.5, 0.6) is 0 Å². The maximum atomic E-state index is 11.8. The van der Waals surface area contributed by atoms with Gasteiger partial charge in [-0.05, 0) is 112 Å². The molecule has 0 aromatic carbocycles. The summed E-state index contributed by atoms with van der Waals surface area (Å²) in [6.07, 6.45) is 11.3. The summed E-state index contributed by atoms with van der Waals surface area (Å²) in [5, 5.41) is 24.6. The summed E-state index contributed by atoms with van der Waals surface area (Å²) < 4.78 is 0. The Labute approximate surface area is 177 Å². The van der Waals surface area contributed by atoms with Gasteiger partial charge >= 0.3 is 0 Å². The third-order valence-corrected chi connectivity index (χ3v) is 10.3. The Kier molecular flexibility index (Phi) is 6.07. The van der Waals surface area contributed by atoms with Crippen LogP contribution in [0.25, 0.3) is 0 Å². The van der Waals surface area contributed by atoms with Gasteiger partial charge < -0.3 is 15.5 Å². The van der Waals surface area contributed by atoms with Gasteiger partial charge in [0.05, 0.1) is 12.2 Å². The molecule has 4 heteroatoms. The SMILES string of the molecule is CCNC(=O)CCC[C@H]1CCC2C3CC[C@@H]4CC(O)CC[C@]4(C)C3CC(O)[C@@]21C. The van der Waals surface area contributed by atoms with Crippen molar-refractivity contribution in [2.45, 2.75) is 104 Å². The zero-order valence-electron chi connectivity index (χ0n) is 18.8. The average molecular weight is 406 g/mol. The molecule has 0 spiro atoms. The van der Waals surface area contributed by atoms with Crippen molar-refractivity contribution in [3.63, 3.8) is 0 Å². The number of nitrogens with one attached hydrogen (secondary N) is 1. The fraction of sp³-hybridized carbons (Fsp3) is 0.960. The third kappa shape index (κ3) is 3.56. The maximum absolute atomic E-state index is 11.8. The normalized spacial score (nSPS) is 49.1. The summed E-state index contributed by atoms with van der Waals surface area (Å²) in [4.78, 5) is 11.8. The highest BCUT2D eigenvalue weighted by atomic mass is 16.3. The van der Waals surface area contributed by atoms with Crippen LogP contribution < -0.4 is 5.32 Å². The lowest BCUT2D eigenvalue weighted by molar-refractivity contribution is -0.171. The fourth-order valence-corrected chi connectivity index (χ4v) is 8.59. The molecule has 4 aliphatic carbocycles. The molecule has 0 bridgehead atoms. The van der Waals surface area contributed by atoms with Gasteiger partial charge in [-0.1, -0.05) is 13.8 Å². The summed E-state index contributed by atoms with van der Waals surface area (Å²) in [6, 6.07) is 0. The third-order valence-electron chi connectivity index (χ3n) is 10.3. The van der Waals surface area contributed by atoms with E-state index < -0.39 is 0 Å². The molecule has 9 atom stereocenters. The maximum Gasteiger partial charge on any atom is 0.219 e. The number of aliphatic hydroxyl groups excluding tert-OH is 2. The van der Waals surface area contributed by atoms with Crippen LogP contribution in [0.15, 0.2) is 0 Å². The predicted molar refractivity (Wildman–Crippen MR) is 115 cm³/mol. The minimum absolute atomic E-state index is 0.0276. The molecular formula is C25H43NO3. The number of rotatable bonds is 5. The summed E-state index contributed by atoms with van der Waals surface area (Å²) in [6.45, 7) is 7.54. The number of amides is 1. The molecule has 4 saturated carbocycles. The highest BCUT2D eigenvalue weighted by Crippen LogP contribution is 2.67. The lowest BCUT2D eigenvalue weighted by Crippen LogP contribution is -2.58. The minimum Gasteiger partial charge on any atom is -0.393 e. The number of carbonyl (C=O) groups is 1. The van der Waals surface area contributed by atoms with Crippen LogP contribution in [0, 0.1) is 40.4 Å². The van der Waals surface area contributed by atoms with E-state index in [1.807, 2.05) is 6.92 Å². The van der Waals surface area contributed by atoms with Gasteiger partial charge in [0.1, 0.15) is 0 Å². The summed E-state index contributed by atoms with van der Waals surface area (Å²) >= 11 is 0. The molecule has 0 radical (unpaired) electrons. The van der Waals surface area contributed by atoms with Gasteiger partial charge in [-0.25, -0.2) is 0 Å². The smallest absolute Gasteiger partial charge is 0.219 e. The number of hydrogen-bond acceptors (Lipinski definition) is 3. The largest absolute Gasteiger partial charge is 0.393 e. The standard InChI is InChI=1S/C25H43NO3/c1-4-26-23(29)7-5-6-16-9-11-20-19-10-8-17-14-18(27)12-13-24(17,2)21(19)15-22(28)25(16,20)3/h16-22,27-28H,4-15H2,1-3H3,(H,26,29)/t16-,17+,18?,19?,20?,21?,22?,24-,25+/m0/s1. The monoisotopic (exact) mass is 405 g/mol. The van der Waals surface area contributed by atoms with Gasteiger partial charge in [-0.2, -0.15) is 0 Å². The van der Waals surface area contributed by atoms with Crippen LogP contribution in [-0.4, -0.2) is 34.9 Å². The van der Waals surface area contributed by atoms with Gasteiger partial charge in [0.25, 0.3) is 0 Å². The van der Waals surface area contributed by atoms with Gasteiger partial charge in [-0.15, -0.1) is 0 Å². The van der Waals surface area contributed by atoms with Crippen molar-refractivity contribution in [2.24, 2.45) is 40.4 Å². The Morgan fingerprint density at radius 3 is 2.59 bits per heavy atom. The van der Waals surface area contributed by atoms with Gasteiger partial charge in [0.2, 0.25) is 5.91 Å². The first-order valence-corrected chi connectivity index (χ1v) is 12.4. The Balaban J connectivity index is 1.46. The quantitative estimate of drug-likeness (QED) is 0.639. The van der Waals surface area contributed by atoms with E-state index >= 15 is 0 Å². The lowest BCUT2D eigenvalue weighted by atomic mass is 9.44. The highest BCUT2D eigenvalue weighted by molar-refractivity contribution is 5.75. The number of carbonyl (C=O) groups excluding carboxylic acids is 1. The summed E-state index contributed by atoms with van der Waals surface area (Å²) in [5.41, 5.74) is 0.334. The average Bonchev–Trinajstić information content (AvgIpc) is 3.02. The topological polar surface area (TPSA) is 69.6 Å². The van der Waals surface area contributed by atoms with E-state index in [0.717, 1.165) is 44.4 Å². The van der Waals surface area contributed by atoms with Crippen LogP contribution in [0.4, 0.5) is 0 Å². The van der Waals surface area contributed by atoms with E-state index in [0.29, 0.717) is 42.1 Å². The number of aliphatic hydroxyl groups is 2. The van der Waals surface area contributed by atoms with E-state index in [4.69, 9.17) is 0 Å². The van der Waals surface area contributed by atoms with E-state index in [2.05, 4.69) is 19.2 Å². The molecule has 4 fully saturated rings. The minimum atomic E-state index is -0.215. The second-order valence-corrected chi connectivity index (χ2v) is 11.3. The molecule has 29 heavy (non-hydrogen) atoms. The highest BCUT2D eigenvalue weighted by Gasteiger charge is 2.62. The lowest BCUT2D eigenvalue weighted by Gasteiger charge is -2.62. The summed E-state index contributed by atoms with van der Waals surface area (Å²) in [5.74, 6) is 3.36. The molecule has 0 aliphatic heterocycles. The Bertz CT molecular complexity index is 609. The van der Waals surface area contributed by atoms with Crippen molar-refractivity contribution in [1.29, 1.82) is 0 Å². The molecule has 3 N–H and O–H groups in total. The summed E-state index contributed by atoms with van der Waals surface area (Å²) in [7, 11) is 0. The van der Waals surface area contributed by atoms with Crippen LogP contribution >= 0.6 is 0 Å². The second-order valence-electron chi connectivity index (χ2n) is 11.3. The fourth-order valence-electron chi connectivity index (χ4n) is 8.59. The van der Waals surface area contributed by atoms with E-state index in [9.17, 15) is 15.0 Å². The van der Waals surface area contributed by atoms with E-state index in [1.54, 1.807) is 0 Å². The van der Waals surface area contributed by atoms with Gasteiger partial charge in [0, 0.05) is 13.0 Å². The zero-order chi connectivity index (χ0) is 20.8. The first-order valence-electron chi connectivity index (χ1n) is 12.4. The molecule has 0 aromatic rings. The molecule has 166 valence electrons. The Morgan fingerprint density at radius 2 is 1.83 bits per heavy atom. The Hall–Kier alpha value is -0.610. The first kappa shape index (κ1) is 21.6. The molecule has 1 amide bonds. The van der Waals surface area contributed by atoms with Crippen molar-refractivity contribution in [3.8, 4) is 0 Å². The van der Waals surface area contributed by atoms with Crippen LogP contribution in [0.1, 0.15) is 91.4 Å². The number of hydrogen-bond donors (Lipinski definition) is 3. The van der Waals surface area contributed by atoms with Crippen LogP contribution in [-0.2, 0) is 4.79 Å². The van der Waals surface area contributed by atoms with E-state index in [-0.39, 0.29) is 23.5 Å². The van der Waals surface area contributed by atoms with Crippen molar-refractivity contribution < 1.29 is 15.0 Å². The molecule has 4 rings (SSSR count). The molecule has 0 saturated heterocycles. The molecule has 0 aromatic heterocycles. The van der Waals surface area contributed by atoms with Crippen LogP contribution in [0.2, 0.25) is 0 Å². The molecule has 5 unspecified atom stereocenters. The van der Waals surface area contributed by atoms with Crippen molar-refractivity contribution >= 4 is 5.91 Å². The molecule has 0 heterocycles. The van der Waals surface area contributed by atoms with Crippen LogP contribution in [0.3, 0.4) is 0 Å². The zero-order valence-corrected chi connectivity index (χ0v) is 18.8. The molecular weight excluding hydrogens is 362 g/mol. The molecule has 4 aliphatic rings. The van der Waals surface area contributed by atoms with Gasteiger partial charge in [-0.3, -0.25) is 4.79 Å². The Morgan fingerprint density at radius 1 is 1.03 bits per heavy atom. The second kappa shape index (κ2) is 8.15. The van der Waals surface area contributed by atoms with E-state index in [1.165, 1.54) is 25.7 Å². The molecule has 4 nitrogen and oxygen atoms in total. The predicted octanol–water partition coefficient (Wildman–Crippen LogP) is 4.28.